The summed E-state index contributed by atoms with van der Waals surface area (Å²) in [5.74, 6) is 0.574. The number of nitrogens with zero attached hydrogens (tertiary/aromatic N) is 4. The van der Waals surface area contributed by atoms with Gasteiger partial charge in [0.05, 0.1) is 10.7 Å². The molecule has 4 rings (SSSR count). The molecule has 7 nitrogen and oxygen atoms in total. The summed E-state index contributed by atoms with van der Waals surface area (Å²) in [4.78, 5) is 21.8. The maximum Gasteiger partial charge on any atom is 0.323 e. The first-order valence-electron chi connectivity index (χ1n) is 8.78. The molecule has 2 heterocycles. The number of hydrogen-bond acceptors (Lipinski definition) is 5. The molecule has 9 heteroatoms. The molecule has 2 N–H and O–H groups in total. The van der Waals surface area contributed by atoms with Crippen molar-refractivity contribution in [3.8, 4) is 0 Å². The summed E-state index contributed by atoms with van der Waals surface area (Å²) in [6.45, 7) is 3.97. The third-order valence-electron chi connectivity index (χ3n) is 4.30. The van der Waals surface area contributed by atoms with Gasteiger partial charge in [0.25, 0.3) is 5.78 Å². The van der Waals surface area contributed by atoms with Crippen molar-refractivity contribution in [1.29, 1.82) is 0 Å². The third-order valence-corrected chi connectivity index (χ3v) is 5.81. The van der Waals surface area contributed by atoms with Crippen molar-refractivity contribution >= 4 is 46.5 Å². The first-order valence-corrected chi connectivity index (χ1v) is 9.98. The Balaban J connectivity index is 1.48. The highest BCUT2D eigenvalue weighted by Crippen LogP contribution is 2.31. The van der Waals surface area contributed by atoms with Crippen molar-refractivity contribution in [2.45, 2.75) is 23.8 Å². The molecule has 29 heavy (non-hydrogen) atoms. The van der Waals surface area contributed by atoms with Gasteiger partial charge in [-0.2, -0.15) is 14.6 Å². The van der Waals surface area contributed by atoms with Crippen LogP contribution in [-0.2, 0) is 0 Å². The molecular weight excluding hydrogens is 408 g/mol. The van der Waals surface area contributed by atoms with E-state index >= 15 is 0 Å². The van der Waals surface area contributed by atoms with E-state index < -0.39 is 0 Å². The Morgan fingerprint density at radius 3 is 2.59 bits per heavy atom. The van der Waals surface area contributed by atoms with Gasteiger partial charge in [-0.15, -0.1) is 0 Å². The second kappa shape index (κ2) is 8.10. The van der Waals surface area contributed by atoms with Crippen LogP contribution in [0.4, 0.5) is 16.2 Å². The van der Waals surface area contributed by atoms with Crippen molar-refractivity contribution in [3.63, 3.8) is 0 Å². The van der Waals surface area contributed by atoms with Crippen LogP contribution >= 0.6 is 23.4 Å². The van der Waals surface area contributed by atoms with E-state index in [4.69, 9.17) is 11.6 Å². The van der Waals surface area contributed by atoms with Gasteiger partial charge in [0, 0.05) is 21.8 Å². The van der Waals surface area contributed by atoms with Crippen molar-refractivity contribution in [2.75, 3.05) is 10.6 Å². The molecule has 2 amide bonds. The van der Waals surface area contributed by atoms with Gasteiger partial charge in [0.15, 0.2) is 0 Å². The molecule has 0 aliphatic carbocycles. The Bertz CT molecular complexity index is 1190. The van der Waals surface area contributed by atoms with Crippen molar-refractivity contribution in [3.05, 3.63) is 71.1 Å². The number of fused-ring (bicyclic) bond motifs is 1. The van der Waals surface area contributed by atoms with Crippen LogP contribution in [0.2, 0.25) is 5.02 Å². The largest absolute Gasteiger partial charge is 0.323 e. The zero-order valence-corrected chi connectivity index (χ0v) is 17.3. The molecule has 2 aromatic heterocycles. The van der Waals surface area contributed by atoms with Gasteiger partial charge < -0.3 is 10.6 Å². The normalized spacial score (nSPS) is 10.9. The standard InChI is InChI=1S/C20H17ClN6OS/c1-12-13(2)24-19-22-11-23-27(19)18(12)29-15-9-7-14(8-10-15)25-20(28)26-17-6-4-3-5-16(17)21/h3-11H,1-2H3,(H2,25,26,28). The number of aryl methyl sites for hydroxylation is 1. The Morgan fingerprint density at radius 2 is 1.83 bits per heavy atom. The maximum absolute atomic E-state index is 12.2. The molecule has 0 aliphatic rings. The number of rotatable bonds is 4. The lowest BCUT2D eigenvalue weighted by atomic mass is 10.3. The predicted molar refractivity (Wildman–Crippen MR) is 115 cm³/mol. The number of benzene rings is 2. The molecule has 0 aliphatic heterocycles. The van der Waals surface area contributed by atoms with Crippen LogP contribution in [-0.4, -0.2) is 25.6 Å². The van der Waals surface area contributed by atoms with Gasteiger partial charge in [-0.1, -0.05) is 35.5 Å². The van der Waals surface area contributed by atoms with Crippen LogP contribution in [0.25, 0.3) is 5.78 Å². The highest BCUT2D eigenvalue weighted by atomic mass is 35.5. The number of amides is 2. The average Bonchev–Trinajstić information content (AvgIpc) is 3.16. The fourth-order valence-electron chi connectivity index (χ4n) is 2.69. The molecule has 0 saturated carbocycles. The van der Waals surface area contributed by atoms with E-state index in [1.54, 1.807) is 34.5 Å². The van der Waals surface area contributed by atoms with Crippen molar-refractivity contribution < 1.29 is 4.79 Å². The Labute approximate surface area is 176 Å². The molecule has 0 saturated heterocycles. The highest BCUT2D eigenvalue weighted by Gasteiger charge is 2.13. The van der Waals surface area contributed by atoms with Gasteiger partial charge in [-0.05, 0) is 50.2 Å². The zero-order chi connectivity index (χ0) is 20.4. The number of nitrogens with one attached hydrogen (secondary N) is 2. The van der Waals surface area contributed by atoms with Gasteiger partial charge in [0.2, 0.25) is 0 Å². The summed E-state index contributed by atoms with van der Waals surface area (Å²) in [5, 5.41) is 11.2. The minimum Gasteiger partial charge on any atom is -0.308 e. The Kier molecular flexibility index (Phi) is 5.37. The van der Waals surface area contributed by atoms with Crippen LogP contribution in [0, 0.1) is 13.8 Å². The highest BCUT2D eigenvalue weighted by molar-refractivity contribution is 7.99. The number of carbonyl (C=O) groups is 1. The van der Waals surface area contributed by atoms with Crippen molar-refractivity contribution in [1.82, 2.24) is 19.6 Å². The summed E-state index contributed by atoms with van der Waals surface area (Å²) in [7, 11) is 0. The van der Waals surface area contributed by atoms with E-state index in [1.165, 1.54) is 6.33 Å². The quantitative estimate of drug-likeness (QED) is 0.440. The lowest BCUT2D eigenvalue weighted by Gasteiger charge is -2.11. The van der Waals surface area contributed by atoms with Gasteiger partial charge in [-0.3, -0.25) is 0 Å². The lowest BCUT2D eigenvalue weighted by Crippen LogP contribution is -2.19. The molecule has 0 atom stereocenters. The molecule has 146 valence electrons. The summed E-state index contributed by atoms with van der Waals surface area (Å²) < 4.78 is 1.73. The summed E-state index contributed by atoms with van der Waals surface area (Å²) in [6.07, 6.45) is 1.50. The average molecular weight is 425 g/mol. The number of hydrogen-bond donors (Lipinski definition) is 2. The molecule has 0 spiro atoms. The summed E-state index contributed by atoms with van der Waals surface area (Å²) in [6, 6.07) is 14.3. The smallest absolute Gasteiger partial charge is 0.308 e. The first-order chi connectivity index (χ1) is 14.0. The summed E-state index contributed by atoms with van der Waals surface area (Å²) >= 11 is 7.63. The minimum absolute atomic E-state index is 0.358. The number of carbonyl (C=O) groups excluding carboxylic acids is 1. The number of anilines is 2. The van der Waals surface area contributed by atoms with Gasteiger partial charge >= 0.3 is 6.03 Å². The zero-order valence-electron chi connectivity index (χ0n) is 15.7. The van der Waals surface area contributed by atoms with E-state index in [1.807, 2.05) is 44.2 Å². The van der Waals surface area contributed by atoms with Crippen molar-refractivity contribution in [2.24, 2.45) is 0 Å². The Hall–Kier alpha value is -3.10. The van der Waals surface area contributed by atoms with Gasteiger partial charge in [0.1, 0.15) is 11.4 Å². The SMILES string of the molecule is Cc1nc2ncnn2c(Sc2ccc(NC(=O)Nc3ccccc3Cl)cc2)c1C. The lowest BCUT2D eigenvalue weighted by molar-refractivity contribution is 0.262. The number of aromatic nitrogens is 4. The maximum atomic E-state index is 12.2. The minimum atomic E-state index is -0.358. The van der Waals surface area contributed by atoms with Crippen LogP contribution < -0.4 is 10.6 Å². The van der Waals surface area contributed by atoms with Gasteiger partial charge in [-0.25, -0.2) is 9.78 Å². The van der Waals surface area contributed by atoms with Crippen LogP contribution in [0.1, 0.15) is 11.3 Å². The predicted octanol–water partition coefficient (Wildman–Crippen LogP) is 5.19. The van der Waals surface area contributed by atoms with E-state index in [-0.39, 0.29) is 6.03 Å². The molecule has 2 aromatic carbocycles. The Morgan fingerprint density at radius 1 is 1.07 bits per heavy atom. The first kappa shape index (κ1) is 19.2. The van der Waals surface area contributed by atoms with E-state index in [2.05, 4.69) is 25.7 Å². The molecule has 0 fully saturated rings. The molecular formula is C20H17ClN6OS. The fourth-order valence-corrected chi connectivity index (χ4v) is 3.88. The number of urea groups is 1. The third kappa shape index (κ3) is 4.18. The van der Waals surface area contributed by atoms with Crippen LogP contribution in [0.15, 0.2) is 64.8 Å². The van der Waals surface area contributed by atoms with Crippen LogP contribution in [0.5, 0.6) is 0 Å². The van der Waals surface area contributed by atoms with E-state index in [0.29, 0.717) is 22.2 Å². The molecule has 0 bridgehead atoms. The monoisotopic (exact) mass is 424 g/mol. The number of para-hydroxylation sites is 1. The van der Waals surface area contributed by atoms with E-state index in [9.17, 15) is 4.79 Å². The number of halogens is 1. The van der Waals surface area contributed by atoms with E-state index in [0.717, 1.165) is 21.2 Å². The second-order valence-corrected chi connectivity index (χ2v) is 7.75. The molecule has 0 unspecified atom stereocenters. The fraction of sp³-hybridized carbons (Fsp3) is 0.100. The van der Waals surface area contributed by atoms with Crippen LogP contribution in [0.3, 0.4) is 0 Å². The summed E-state index contributed by atoms with van der Waals surface area (Å²) in [5.41, 5.74) is 3.20. The second-order valence-electron chi connectivity index (χ2n) is 6.28. The molecule has 4 aromatic rings. The topological polar surface area (TPSA) is 84.2 Å². The molecule has 0 radical (unpaired) electrons.